The Balaban J connectivity index is 2.10. The molecule has 1 amide bonds. The van der Waals surface area contributed by atoms with Crippen LogP contribution in [0.4, 0.5) is 0 Å². The fraction of sp³-hybridized carbons (Fsp3) is 0.611. The number of carbonyl (C=O) groups is 1. The Kier molecular flexibility index (Phi) is 6.24. The van der Waals surface area contributed by atoms with Gasteiger partial charge in [0, 0.05) is 30.8 Å². The zero-order valence-corrected chi connectivity index (χ0v) is 16.2. The van der Waals surface area contributed by atoms with Crippen LogP contribution >= 0.6 is 0 Å². The fourth-order valence-electron chi connectivity index (χ4n) is 2.92. The van der Waals surface area contributed by atoms with Crippen LogP contribution in [-0.4, -0.2) is 50.6 Å². The highest BCUT2D eigenvalue weighted by Gasteiger charge is 2.26. The van der Waals surface area contributed by atoms with Crippen molar-refractivity contribution in [1.29, 1.82) is 0 Å². The lowest BCUT2D eigenvalue weighted by molar-refractivity contribution is 0.00724. The smallest absolute Gasteiger partial charge is 0.253 e. The average Bonchev–Trinajstić information content (AvgIpc) is 2.53. The molecule has 1 aromatic rings. The summed E-state index contributed by atoms with van der Waals surface area (Å²) in [6, 6.07) is 6.10. The van der Waals surface area contributed by atoms with Crippen LogP contribution in [0, 0.1) is 0 Å². The molecule has 6 nitrogen and oxygen atoms in total. The molecule has 0 aliphatic carbocycles. The number of hydrogen-bond donors (Lipinski definition) is 1. The minimum Gasteiger partial charge on any atom is -0.377 e. The number of nitrogens with one attached hydrogen (secondary N) is 1. The number of sulfonamides is 1. The van der Waals surface area contributed by atoms with Gasteiger partial charge in [-0.25, -0.2) is 13.1 Å². The van der Waals surface area contributed by atoms with Gasteiger partial charge in [-0.3, -0.25) is 4.79 Å². The minimum absolute atomic E-state index is 0.0818. The third kappa shape index (κ3) is 5.52. The van der Waals surface area contributed by atoms with E-state index >= 15 is 0 Å². The quantitative estimate of drug-likeness (QED) is 0.866. The van der Waals surface area contributed by atoms with Crippen LogP contribution in [-0.2, 0) is 14.8 Å². The number of amides is 1. The lowest BCUT2D eigenvalue weighted by Crippen LogP contribution is -2.43. The Hall–Kier alpha value is -1.44. The van der Waals surface area contributed by atoms with Crippen LogP contribution in [0.5, 0.6) is 0 Å². The van der Waals surface area contributed by atoms with Crippen molar-refractivity contribution in [3.63, 3.8) is 0 Å². The number of piperidine rings is 1. The highest BCUT2D eigenvalue weighted by Crippen LogP contribution is 2.18. The Morgan fingerprint density at radius 1 is 1.28 bits per heavy atom. The van der Waals surface area contributed by atoms with Gasteiger partial charge in [-0.15, -0.1) is 0 Å². The third-order valence-corrected chi connectivity index (χ3v) is 5.69. The molecule has 0 aromatic heterocycles. The number of likely N-dealkylation sites (tertiary alicyclic amines) is 1. The van der Waals surface area contributed by atoms with Gasteiger partial charge in [0.25, 0.3) is 5.91 Å². The van der Waals surface area contributed by atoms with Gasteiger partial charge in [0.15, 0.2) is 0 Å². The fourth-order valence-corrected chi connectivity index (χ4v) is 4.33. The zero-order chi connectivity index (χ0) is 18.7. The molecule has 1 aliphatic heterocycles. The Labute approximate surface area is 150 Å². The SMILES string of the molecule is CCOC1CCCN(C(=O)c2ccc(S(=O)(=O)NC(C)(C)C)cc2)C1. The molecule has 7 heteroatoms. The van der Waals surface area contributed by atoms with Crippen LogP contribution in [0.2, 0.25) is 0 Å². The van der Waals surface area contributed by atoms with E-state index in [1.54, 1.807) is 37.8 Å². The summed E-state index contributed by atoms with van der Waals surface area (Å²) < 4.78 is 32.9. The number of rotatable bonds is 5. The molecule has 0 radical (unpaired) electrons. The molecule has 1 aliphatic rings. The van der Waals surface area contributed by atoms with E-state index in [2.05, 4.69) is 4.72 Å². The van der Waals surface area contributed by atoms with E-state index in [1.807, 2.05) is 6.92 Å². The average molecular weight is 368 g/mol. The monoisotopic (exact) mass is 368 g/mol. The molecule has 0 saturated carbocycles. The van der Waals surface area contributed by atoms with Crippen LogP contribution in [0.3, 0.4) is 0 Å². The number of ether oxygens (including phenoxy) is 1. The lowest BCUT2D eigenvalue weighted by Gasteiger charge is -2.32. The van der Waals surface area contributed by atoms with Crippen LogP contribution in [0.15, 0.2) is 29.2 Å². The summed E-state index contributed by atoms with van der Waals surface area (Å²) in [7, 11) is -3.60. The highest BCUT2D eigenvalue weighted by molar-refractivity contribution is 7.89. The molecule has 25 heavy (non-hydrogen) atoms. The number of nitrogens with zero attached hydrogens (tertiary/aromatic N) is 1. The third-order valence-electron chi connectivity index (χ3n) is 3.92. The summed E-state index contributed by atoms with van der Waals surface area (Å²) in [5.74, 6) is -0.0860. The van der Waals surface area contributed by atoms with Gasteiger partial charge in [-0.05, 0) is 64.8 Å². The molecule has 1 atom stereocenters. The molecule has 0 bridgehead atoms. The van der Waals surface area contributed by atoms with Crippen molar-refractivity contribution in [3.8, 4) is 0 Å². The molecule has 1 saturated heterocycles. The molecule has 140 valence electrons. The Bertz CT molecular complexity index is 691. The molecule has 1 N–H and O–H groups in total. The van der Waals surface area contributed by atoms with E-state index in [-0.39, 0.29) is 16.9 Å². The molecular formula is C18H28N2O4S. The summed E-state index contributed by atoms with van der Waals surface area (Å²) in [5, 5.41) is 0. The van der Waals surface area contributed by atoms with E-state index in [0.717, 1.165) is 12.8 Å². The number of hydrogen-bond acceptors (Lipinski definition) is 4. The van der Waals surface area contributed by atoms with Crippen molar-refractivity contribution >= 4 is 15.9 Å². The van der Waals surface area contributed by atoms with E-state index in [0.29, 0.717) is 25.3 Å². The summed E-state index contributed by atoms with van der Waals surface area (Å²) in [4.78, 5) is 14.6. The van der Waals surface area contributed by atoms with Crippen LogP contribution in [0.25, 0.3) is 0 Å². The van der Waals surface area contributed by atoms with E-state index in [9.17, 15) is 13.2 Å². The van der Waals surface area contributed by atoms with Crippen molar-refractivity contribution in [2.24, 2.45) is 0 Å². The van der Waals surface area contributed by atoms with Crippen molar-refractivity contribution in [1.82, 2.24) is 9.62 Å². The summed E-state index contributed by atoms with van der Waals surface area (Å²) in [6.07, 6.45) is 1.96. The van der Waals surface area contributed by atoms with Gasteiger partial charge in [0.1, 0.15) is 0 Å². The van der Waals surface area contributed by atoms with Crippen LogP contribution in [0.1, 0.15) is 50.9 Å². The first-order valence-corrected chi connectivity index (χ1v) is 10.2. The highest BCUT2D eigenvalue weighted by atomic mass is 32.2. The lowest BCUT2D eigenvalue weighted by atomic mass is 10.1. The molecule has 1 heterocycles. The zero-order valence-electron chi connectivity index (χ0n) is 15.4. The van der Waals surface area contributed by atoms with Crippen molar-refractivity contribution in [2.75, 3.05) is 19.7 Å². The molecule has 2 rings (SSSR count). The molecule has 0 spiro atoms. The van der Waals surface area contributed by atoms with Gasteiger partial charge in [0.05, 0.1) is 11.0 Å². The Morgan fingerprint density at radius 3 is 2.48 bits per heavy atom. The summed E-state index contributed by atoms with van der Waals surface area (Å²) in [6.45, 7) is 9.23. The number of carbonyl (C=O) groups excluding carboxylic acids is 1. The molecular weight excluding hydrogens is 340 g/mol. The van der Waals surface area contributed by atoms with E-state index in [4.69, 9.17) is 4.74 Å². The first-order valence-electron chi connectivity index (χ1n) is 8.67. The topological polar surface area (TPSA) is 75.7 Å². The second-order valence-electron chi connectivity index (χ2n) is 7.35. The second-order valence-corrected chi connectivity index (χ2v) is 9.03. The number of benzene rings is 1. The first kappa shape index (κ1) is 19.9. The summed E-state index contributed by atoms with van der Waals surface area (Å²) >= 11 is 0. The van der Waals surface area contributed by atoms with E-state index < -0.39 is 15.6 Å². The normalized spacial score (nSPS) is 19.0. The maximum absolute atomic E-state index is 12.6. The van der Waals surface area contributed by atoms with Gasteiger partial charge < -0.3 is 9.64 Å². The maximum Gasteiger partial charge on any atom is 0.253 e. The van der Waals surface area contributed by atoms with Gasteiger partial charge in [-0.1, -0.05) is 0 Å². The van der Waals surface area contributed by atoms with Gasteiger partial charge >= 0.3 is 0 Å². The van der Waals surface area contributed by atoms with Crippen LogP contribution < -0.4 is 4.72 Å². The minimum atomic E-state index is -3.60. The molecule has 1 unspecified atom stereocenters. The predicted molar refractivity (Wildman–Crippen MR) is 97.1 cm³/mol. The van der Waals surface area contributed by atoms with Crippen molar-refractivity contribution in [2.45, 2.75) is 57.1 Å². The largest absolute Gasteiger partial charge is 0.377 e. The van der Waals surface area contributed by atoms with Gasteiger partial charge in [-0.2, -0.15) is 0 Å². The van der Waals surface area contributed by atoms with Gasteiger partial charge in [0.2, 0.25) is 10.0 Å². The first-order chi connectivity index (χ1) is 11.6. The summed E-state index contributed by atoms with van der Waals surface area (Å²) in [5.41, 5.74) is -0.0676. The maximum atomic E-state index is 12.6. The second kappa shape index (κ2) is 7.85. The predicted octanol–water partition coefficient (Wildman–Crippen LogP) is 2.40. The van der Waals surface area contributed by atoms with E-state index in [1.165, 1.54) is 12.1 Å². The molecule has 1 fully saturated rings. The molecule has 1 aromatic carbocycles. The Morgan fingerprint density at radius 2 is 1.92 bits per heavy atom. The standard InChI is InChI=1S/C18H28N2O4S/c1-5-24-15-7-6-12-20(13-15)17(21)14-8-10-16(11-9-14)25(22,23)19-18(2,3)4/h8-11,15,19H,5-7,12-13H2,1-4H3. The van der Waals surface area contributed by atoms with Crippen molar-refractivity contribution in [3.05, 3.63) is 29.8 Å². The van der Waals surface area contributed by atoms with Crippen molar-refractivity contribution < 1.29 is 17.9 Å².